The van der Waals surface area contributed by atoms with Crippen LogP contribution < -0.4 is 5.32 Å². The van der Waals surface area contributed by atoms with E-state index >= 15 is 0 Å². The number of carbonyl (C=O) groups excluding carboxylic acids is 1. The molecule has 1 fully saturated rings. The number of hydrogen-bond acceptors (Lipinski definition) is 3. The largest absolute Gasteiger partial charge is 0.481 e. The fourth-order valence-corrected chi connectivity index (χ4v) is 2.74. The summed E-state index contributed by atoms with van der Waals surface area (Å²) in [6.07, 6.45) is 0.444. The predicted octanol–water partition coefficient (Wildman–Crippen LogP) is 2.26. The van der Waals surface area contributed by atoms with Gasteiger partial charge in [-0.2, -0.15) is 0 Å². The van der Waals surface area contributed by atoms with Crippen LogP contribution in [-0.4, -0.2) is 44.9 Å². The minimum atomic E-state index is -0.892. The van der Waals surface area contributed by atoms with Gasteiger partial charge in [-0.1, -0.05) is 6.07 Å². The molecule has 2 aromatic rings. The quantitative estimate of drug-likeness (QED) is 0.902. The molecule has 2 heterocycles. The Kier molecular flexibility index (Phi) is 4.20. The van der Waals surface area contributed by atoms with Crippen LogP contribution in [0.25, 0.3) is 5.69 Å². The van der Waals surface area contributed by atoms with Gasteiger partial charge >= 0.3 is 12.0 Å². The molecule has 0 aliphatic carbocycles. The number of carboxylic acid groups (broad SMARTS) is 1. The number of aromatic nitrogens is 2. The second-order valence-corrected chi connectivity index (χ2v) is 5.76. The van der Waals surface area contributed by atoms with Gasteiger partial charge in [-0.3, -0.25) is 10.1 Å². The Morgan fingerprint density at radius 2 is 2.17 bits per heavy atom. The zero-order valence-electron chi connectivity index (χ0n) is 13.1. The van der Waals surface area contributed by atoms with Gasteiger partial charge in [-0.25, -0.2) is 13.9 Å². The number of nitrogens with one attached hydrogen (secondary N) is 1. The molecule has 7 nitrogen and oxygen atoms in total. The van der Waals surface area contributed by atoms with Gasteiger partial charge < -0.3 is 10.0 Å². The van der Waals surface area contributed by atoms with E-state index in [0.717, 1.165) is 5.69 Å². The Morgan fingerprint density at radius 3 is 2.83 bits per heavy atom. The first kappa shape index (κ1) is 16.0. The topological polar surface area (TPSA) is 87.5 Å². The van der Waals surface area contributed by atoms with E-state index in [1.165, 1.54) is 21.7 Å². The van der Waals surface area contributed by atoms with Gasteiger partial charge in [0.2, 0.25) is 0 Å². The van der Waals surface area contributed by atoms with Crippen LogP contribution in [0.2, 0.25) is 0 Å². The monoisotopic (exact) mass is 332 g/mol. The lowest BCUT2D eigenvalue weighted by Gasteiger charge is -2.15. The summed E-state index contributed by atoms with van der Waals surface area (Å²) in [5, 5.41) is 15.9. The van der Waals surface area contributed by atoms with E-state index in [2.05, 4.69) is 10.4 Å². The maximum Gasteiger partial charge on any atom is 0.323 e. The normalized spacial score (nSPS) is 17.1. The summed E-state index contributed by atoms with van der Waals surface area (Å²) in [5.41, 5.74) is 1.29. The van der Waals surface area contributed by atoms with E-state index in [1.54, 1.807) is 25.1 Å². The summed E-state index contributed by atoms with van der Waals surface area (Å²) >= 11 is 0. The maximum absolute atomic E-state index is 13.3. The van der Waals surface area contributed by atoms with Gasteiger partial charge in [0.05, 0.1) is 11.6 Å². The third-order valence-electron chi connectivity index (χ3n) is 4.00. The van der Waals surface area contributed by atoms with Crippen LogP contribution in [0, 0.1) is 18.7 Å². The number of anilines is 1. The summed E-state index contributed by atoms with van der Waals surface area (Å²) in [6.45, 7) is 2.38. The number of rotatable bonds is 3. The van der Waals surface area contributed by atoms with Crippen LogP contribution in [0.4, 0.5) is 15.0 Å². The van der Waals surface area contributed by atoms with Crippen LogP contribution in [-0.2, 0) is 4.79 Å². The van der Waals surface area contributed by atoms with Crippen molar-refractivity contribution in [2.24, 2.45) is 5.92 Å². The molecule has 2 N–H and O–H groups in total. The van der Waals surface area contributed by atoms with E-state index in [-0.39, 0.29) is 18.4 Å². The molecule has 3 rings (SSSR count). The smallest absolute Gasteiger partial charge is 0.323 e. The first-order chi connectivity index (χ1) is 11.4. The Bertz CT molecular complexity index is 789. The van der Waals surface area contributed by atoms with E-state index < -0.39 is 11.9 Å². The maximum atomic E-state index is 13.3. The number of carboxylic acids is 1. The molecular formula is C16H17FN4O3. The van der Waals surface area contributed by atoms with E-state index in [0.29, 0.717) is 24.5 Å². The van der Waals surface area contributed by atoms with Crippen molar-refractivity contribution >= 4 is 17.8 Å². The minimum Gasteiger partial charge on any atom is -0.481 e. The third-order valence-corrected chi connectivity index (χ3v) is 4.00. The summed E-state index contributed by atoms with van der Waals surface area (Å²) in [4.78, 5) is 24.6. The molecule has 1 aromatic carbocycles. The molecule has 0 bridgehead atoms. The summed E-state index contributed by atoms with van der Waals surface area (Å²) in [5.74, 6) is -1.45. The van der Waals surface area contributed by atoms with Crippen molar-refractivity contribution in [1.29, 1.82) is 0 Å². The van der Waals surface area contributed by atoms with Crippen LogP contribution >= 0.6 is 0 Å². The lowest BCUT2D eigenvalue weighted by Crippen LogP contribution is -2.33. The molecule has 126 valence electrons. The summed E-state index contributed by atoms with van der Waals surface area (Å²) < 4.78 is 14.9. The van der Waals surface area contributed by atoms with Gasteiger partial charge in [0.25, 0.3) is 0 Å². The third kappa shape index (κ3) is 3.22. The van der Waals surface area contributed by atoms with Crippen LogP contribution in [0.5, 0.6) is 0 Å². The van der Waals surface area contributed by atoms with Crippen LogP contribution in [0.1, 0.15) is 12.1 Å². The average molecular weight is 332 g/mol. The molecule has 0 spiro atoms. The molecule has 8 heteroatoms. The highest BCUT2D eigenvalue weighted by molar-refractivity contribution is 5.89. The van der Waals surface area contributed by atoms with Gasteiger partial charge in [-0.15, -0.1) is 5.10 Å². The number of carbonyl (C=O) groups is 2. The van der Waals surface area contributed by atoms with E-state index in [4.69, 9.17) is 5.11 Å². The molecule has 1 atom stereocenters. The molecule has 1 aliphatic rings. The Morgan fingerprint density at radius 1 is 1.38 bits per heavy atom. The molecule has 24 heavy (non-hydrogen) atoms. The van der Waals surface area contributed by atoms with Crippen molar-refractivity contribution in [2.45, 2.75) is 13.3 Å². The highest BCUT2D eigenvalue weighted by atomic mass is 19.1. The first-order valence-corrected chi connectivity index (χ1v) is 7.55. The van der Waals surface area contributed by atoms with Gasteiger partial charge in [0, 0.05) is 24.8 Å². The Hall–Kier alpha value is -2.90. The van der Waals surface area contributed by atoms with Crippen molar-refractivity contribution < 1.29 is 19.1 Å². The van der Waals surface area contributed by atoms with E-state index in [1.807, 2.05) is 0 Å². The Balaban J connectivity index is 1.72. The van der Waals surface area contributed by atoms with Gasteiger partial charge in [0.1, 0.15) is 5.82 Å². The second-order valence-electron chi connectivity index (χ2n) is 5.76. The number of aryl methyl sites for hydroxylation is 1. The Labute approximate surface area is 137 Å². The molecule has 0 saturated carbocycles. The van der Waals surface area contributed by atoms with Crippen molar-refractivity contribution in [1.82, 2.24) is 14.7 Å². The van der Waals surface area contributed by atoms with Gasteiger partial charge in [-0.05, 0) is 31.5 Å². The standard InChI is InChI=1S/C16H17FN4O3/c1-10-7-14(19-21(10)13-4-2-3-12(17)8-13)18-16(24)20-6-5-11(9-20)15(22)23/h2-4,7-8,11H,5-6,9H2,1H3,(H,22,23)(H,18,19,24). The molecule has 0 radical (unpaired) electrons. The van der Waals surface area contributed by atoms with Crippen molar-refractivity contribution in [3.63, 3.8) is 0 Å². The molecule has 1 aliphatic heterocycles. The molecule has 1 aromatic heterocycles. The lowest BCUT2D eigenvalue weighted by atomic mass is 10.1. The number of halogens is 1. The predicted molar refractivity (Wildman–Crippen MR) is 84.6 cm³/mol. The highest BCUT2D eigenvalue weighted by Gasteiger charge is 2.31. The van der Waals surface area contributed by atoms with Crippen molar-refractivity contribution in [3.8, 4) is 5.69 Å². The van der Waals surface area contributed by atoms with Crippen molar-refractivity contribution in [2.75, 3.05) is 18.4 Å². The summed E-state index contributed by atoms with van der Waals surface area (Å²) in [7, 11) is 0. The fourth-order valence-electron chi connectivity index (χ4n) is 2.74. The number of benzene rings is 1. The fraction of sp³-hybridized carbons (Fsp3) is 0.312. The number of amides is 2. The summed E-state index contributed by atoms with van der Waals surface area (Å²) in [6, 6.07) is 7.28. The second kappa shape index (κ2) is 6.31. The molecule has 1 saturated heterocycles. The minimum absolute atomic E-state index is 0.185. The SMILES string of the molecule is Cc1cc(NC(=O)N2CCC(C(=O)O)C2)nn1-c1cccc(F)c1. The zero-order chi connectivity index (χ0) is 17.3. The molecule has 1 unspecified atom stereocenters. The number of likely N-dealkylation sites (tertiary alicyclic amines) is 1. The van der Waals surface area contributed by atoms with Gasteiger partial charge in [0.15, 0.2) is 5.82 Å². The number of aliphatic carboxylic acids is 1. The van der Waals surface area contributed by atoms with Crippen molar-refractivity contribution in [3.05, 3.63) is 41.8 Å². The van der Waals surface area contributed by atoms with Crippen LogP contribution in [0.3, 0.4) is 0 Å². The first-order valence-electron chi connectivity index (χ1n) is 7.55. The average Bonchev–Trinajstić information content (AvgIpc) is 3.14. The molecular weight excluding hydrogens is 315 g/mol. The zero-order valence-corrected chi connectivity index (χ0v) is 13.1. The molecule has 2 amide bonds. The number of nitrogens with zero attached hydrogens (tertiary/aromatic N) is 3. The van der Waals surface area contributed by atoms with Crippen LogP contribution in [0.15, 0.2) is 30.3 Å². The number of urea groups is 1. The lowest BCUT2D eigenvalue weighted by molar-refractivity contribution is -0.141. The number of hydrogen-bond donors (Lipinski definition) is 2. The highest BCUT2D eigenvalue weighted by Crippen LogP contribution is 2.19. The van der Waals surface area contributed by atoms with E-state index in [9.17, 15) is 14.0 Å².